The van der Waals surface area contributed by atoms with Crippen LogP contribution in [-0.4, -0.2) is 24.2 Å². The first-order valence-electron chi connectivity index (χ1n) is 9.92. The van der Waals surface area contributed by atoms with Gasteiger partial charge in [0.1, 0.15) is 0 Å². The molecule has 0 aliphatic heterocycles. The van der Waals surface area contributed by atoms with Gasteiger partial charge in [0, 0.05) is 12.4 Å². The maximum absolute atomic E-state index is 11.9. The normalized spacial score (nSPS) is 11.3. The van der Waals surface area contributed by atoms with Gasteiger partial charge in [-0.05, 0) is 37.8 Å². The first-order chi connectivity index (χ1) is 13.2. The van der Waals surface area contributed by atoms with Gasteiger partial charge in [0.15, 0.2) is 11.5 Å². The highest BCUT2D eigenvalue weighted by Gasteiger charge is 2.14. The van der Waals surface area contributed by atoms with Gasteiger partial charge < -0.3 is 4.42 Å². The van der Waals surface area contributed by atoms with E-state index in [4.69, 9.17) is 4.42 Å². The second-order valence-corrected chi connectivity index (χ2v) is 6.37. The van der Waals surface area contributed by atoms with Crippen LogP contribution in [-0.2, 0) is 0 Å². The predicted octanol–water partition coefficient (Wildman–Crippen LogP) is 4.65. The molecule has 0 aliphatic carbocycles. The number of hydrogen-bond donors (Lipinski definition) is 2. The van der Waals surface area contributed by atoms with Crippen molar-refractivity contribution in [2.75, 3.05) is 0 Å². The Labute approximate surface area is 161 Å². The third-order valence-corrected chi connectivity index (χ3v) is 3.94. The van der Waals surface area contributed by atoms with Gasteiger partial charge in [-0.3, -0.25) is 9.59 Å². The lowest BCUT2D eigenvalue weighted by molar-refractivity contribution is 0.0902. The Hall–Kier alpha value is -2.44. The topological polar surface area (TPSA) is 96.1 Å². The molecule has 150 valence electrons. The largest absolute Gasteiger partial charge is 0.446 e. The summed E-state index contributed by atoms with van der Waals surface area (Å²) in [6.45, 7) is 4.32. The van der Waals surface area contributed by atoms with Crippen molar-refractivity contribution in [2.24, 2.45) is 10.2 Å². The van der Waals surface area contributed by atoms with Crippen LogP contribution in [0.4, 0.5) is 0 Å². The van der Waals surface area contributed by atoms with Crippen molar-refractivity contribution < 1.29 is 14.0 Å². The lowest BCUT2D eigenvalue weighted by Crippen LogP contribution is -2.18. The molecule has 0 unspecified atom stereocenters. The summed E-state index contributed by atoms with van der Waals surface area (Å²) in [6.07, 6.45) is 14.2. The molecule has 0 bridgehead atoms. The number of carbonyl (C=O) groups excluding carboxylic acids is 2. The van der Waals surface area contributed by atoms with Gasteiger partial charge in [0.25, 0.3) is 0 Å². The van der Waals surface area contributed by atoms with Gasteiger partial charge in [-0.15, -0.1) is 0 Å². The zero-order valence-corrected chi connectivity index (χ0v) is 16.5. The number of hydrazone groups is 2. The van der Waals surface area contributed by atoms with Crippen LogP contribution in [0.25, 0.3) is 0 Å². The van der Waals surface area contributed by atoms with Crippen LogP contribution in [0.2, 0.25) is 0 Å². The Morgan fingerprint density at radius 2 is 1.26 bits per heavy atom. The third kappa shape index (κ3) is 10.3. The van der Waals surface area contributed by atoms with E-state index < -0.39 is 11.8 Å². The average molecular weight is 377 g/mol. The minimum absolute atomic E-state index is 0.0341. The van der Waals surface area contributed by atoms with E-state index in [1.807, 2.05) is 0 Å². The van der Waals surface area contributed by atoms with Crippen LogP contribution < -0.4 is 10.9 Å². The number of hydrogen-bond acceptors (Lipinski definition) is 5. The Kier molecular flexibility index (Phi) is 12.3. The highest BCUT2D eigenvalue weighted by molar-refractivity contribution is 5.95. The Morgan fingerprint density at radius 3 is 1.67 bits per heavy atom. The third-order valence-electron chi connectivity index (χ3n) is 3.94. The molecule has 2 amide bonds. The maximum atomic E-state index is 11.9. The van der Waals surface area contributed by atoms with Crippen molar-refractivity contribution in [3.8, 4) is 0 Å². The van der Waals surface area contributed by atoms with E-state index in [9.17, 15) is 9.59 Å². The van der Waals surface area contributed by atoms with Gasteiger partial charge >= 0.3 is 11.8 Å². The summed E-state index contributed by atoms with van der Waals surface area (Å²) >= 11 is 0. The Morgan fingerprint density at radius 1 is 0.815 bits per heavy atom. The summed E-state index contributed by atoms with van der Waals surface area (Å²) in [6, 6.07) is 2.88. The summed E-state index contributed by atoms with van der Waals surface area (Å²) in [5, 5.41) is 7.76. The molecule has 0 saturated heterocycles. The fraction of sp³-hybridized carbons (Fsp3) is 0.600. The molecule has 1 heterocycles. The molecule has 1 aromatic heterocycles. The summed E-state index contributed by atoms with van der Waals surface area (Å²) in [5.41, 5.74) is 4.79. The molecule has 0 aliphatic rings. The van der Waals surface area contributed by atoms with Crippen LogP contribution in [0.1, 0.15) is 99.2 Å². The minimum atomic E-state index is -0.488. The molecule has 0 spiro atoms. The fourth-order valence-electron chi connectivity index (χ4n) is 2.35. The van der Waals surface area contributed by atoms with E-state index in [2.05, 4.69) is 34.9 Å². The number of amides is 2. The van der Waals surface area contributed by atoms with Gasteiger partial charge in [-0.25, -0.2) is 10.9 Å². The molecule has 0 aromatic carbocycles. The van der Waals surface area contributed by atoms with Crippen molar-refractivity contribution in [3.63, 3.8) is 0 Å². The fourth-order valence-corrected chi connectivity index (χ4v) is 2.35. The van der Waals surface area contributed by atoms with Crippen molar-refractivity contribution in [3.05, 3.63) is 23.7 Å². The van der Waals surface area contributed by atoms with Crippen LogP contribution >= 0.6 is 0 Å². The molecule has 1 aromatic rings. The van der Waals surface area contributed by atoms with Crippen molar-refractivity contribution in [2.45, 2.75) is 78.1 Å². The second kappa shape index (κ2) is 14.7. The molecule has 7 nitrogen and oxygen atoms in total. The van der Waals surface area contributed by atoms with Crippen LogP contribution in [0.15, 0.2) is 26.8 Å². The Bertz CT molecular complexity index is 558. The van der Waals surface area contributed by atoms with E-state index in [0.717, 1.165) is 38.5 Å². The lowest BCUT2D eigenvalue weighted by Gasteiger charge is -1.98. The van der Waals surface area contributed by atoms with E-state index in [-0.39, 0.29) is 11.5 Å². The number of nitrogens with zero attached hydrogens (tertiary/aromatic N) is 2. The molecule has 27 heavy (non-hydrogen) atoms. The predicted molar refractivity (Wildman–Crippen MR) is 108 cm³/mol. The quantitative estimate of drug-likeness (QED) is 0.281. The standard InChI is InChI=1S/C20H32N4O3/c1-3-5-7-9-11-15-21-23-19(25)17-13-14-18(27-17)20(26)24-22-16-12-10-8-6-4-2/h13-16H,3-12H2,1-2H3,(H,23,25)(H,24,26). The molecule has 0 fully saturated rings. The first-order valence-corrected chi connectivity index (χ1v) is 9.92. The lowest BCUT2D eigenvalue weighted by atomic mass is 10.2. The molecule has 1 rings (SSSR count). The van der Waals surface area contributed by atoms with Gasteiger partial charge in [0.05, 0.1) is 0 Å². The van der Waals surface area contributed by atoms with Gasteiger partial charge in [-0.2, -0.15) is 10.2 Å². The van der Waals surface area contributed by atoms with Crippen LogP contribution in [0.3, 0.4) is 0 Å². The van der Waals surface area contributed by atoms with Crippen LogP contribution in [0, 0.1) is 0 Å². The number of nitrogens with one attached hydrogen (secondary N) is 2. The molecular formula is C20H32N4O3. The smallest absolute Gasteiger partial charge is 0.307 e. The molecule has 0 saturated carbocycles. The van der Waals surface area contributed by atoms with Crippen molar-refractivity contribution >= 4 is 24.2 Å². The summed E-state index contributed by atoms with van der Waals surface area (Å²) in [4.78, 5) is 23.8. The highest BCUT2D eigenvalue weighted by Crippen LogP contribution is 2.08. The first kappa shape index (κ1) is 22.6. The van der Waals surface area contributed by atoms with Gasteiger partial charge in [-0.1, -0.05) is 52.4 Å². The number of carbonyl (C=O) groups is 2. The number of unbranched alkanes of at least 4 members (excludes halogenated alkanes) is 8. The molecule has 0 atom stereocenters. The molecule has 0 radical (unpaired) electrons. The zero-order valence-electron chi connectivity index (χ0n) is 16.5. The van der Waals surface area contributed by atoms with Crippen molar-refractivity contribution in [1.29, 1.82) is 0 Å². The van der Waals surface area contributed by atoms with E-state index >= 15 is 0 Å². The maximum Gasteiger partial charge on any atom is 0.307 e. The zero-order chi connectivity index (χ0) is 19.7. The summed E-state index contributed by atoms with van der Waals surface area (Å²) < 4.78 is 5.26. The molecule has 2 N–H and O–H groups in total. The van der Waals surface area contributed by atoms with E-state index in [1.54, 1.807) is 12.4 Å². The molecule has 7 heteroatoms. The van der Waals surface area contributed by atoms with E-state index in [1.165, 1.54) is 37.8 Å². The summed E-state index contributed by atoms with van der Waals surface area (Å²) in [5.74, 6) is -0.907. The number of rotatable bonds is 14. The highest BCUT2D eigenvalue weighted by atomic mass is 16.4. The Balaban J connectivity index is 2.30. The monoisotopic (exact) mass is 376 g/mol. The average Bonchev–Trinajstić information content (AvgIpc) is 3.16. The SMILES string of the molecule is CCCCCCC=NNC(=O)c1ccc(C(=O)NN=CCCCCCC)o1. The van der Waals surface area contributed by atoms with Crippen molar-refractivity contribution in [1.82, 2.24) is 10.9 Å². The summed E-state index contributed by atoms with van der Waals surface area (Å²) in [7, 11) is 0. The molecular weight excluding hydrogens is 344 g/mol. The van der Waals surface area contributed by atoms with E-state index in [0.29, 0.717) is 0 Å². The minimum Gasteiger partial charge on any atom is -0.446 e. The number of furan rings is 1. The van der Waals surface area contributed by atoms with Crippen LogP contribution in [0.5, 0.6) is 0 Å². The van der Waals surface area contributed by atoms with Gasteiger partial charge in [0.2, 0.25) is 0 Å². The second-order valence-electron chi connectivity index (χ2n) is 6.37.